The molecule has 0 aromatic heterocycles. The lowest BCUT2D eigenvalue weighted by atomic mass is 10.1. The molecule has 0 heterocycles. The van der Waals surface area contributed by atoms with E-state index < -0.39 is 26.6 Å². The largest absolute Gasteiger partial charge is 0.411 e. The van der Waals surface area contributed by atoms with Gasteiger partial charge in [-0.1, -0.05) is 17.3 Å². The number of aliphatic hydroxyl groups excluding tert-OH is 1. The first-order valence-corrected chi connectivity index (χ1v) is 7.03. The third kappa shape index (κ3) is 3.48. The van der Waals surface area contributed by atoms with Crippen LogP contribution in [0.3, 0.4) is 0 Å². The number of nitro groups is 1. The van der Waals surface area contributed by atoms with Gasteiger partial charge < -0.3 is 10.3 Å². The van der Waals surface area contributed by atoms with Crippen molar-refractivity contribution in [1.82, 2.24) is 0 Å². The van der Waals surface area contributed by atoms with Crippen LogP contribution < -0.4 is 0 Å². The zero-order valence-corrected chi connectivity index (χ0v) is 10.7. The van der Waals surface area contributed by atoms with Crippen molar-refractivity contribution in [3.63, 3.8) is 0 Å². The fraction of sp³-hybridized carbons (Fsp3) is 0.300. The van der Waals surface area contributed by atoms with E-state index in [1.54, 1.807) is 0 Å². The molecule has 9 heteroatoms. The third-order valence-corrected chi connectivity index (χ3v) is 3.85. The van der Waals surface area contributed by atoms with Crippen molar-refractivity contribution >= 4 is 21.2 Å². The molecule has 104 valence electrons. The van der Waals surface area contributed by atoms with Gasteiger partial charge in [0.2, 0.25) is 0 Å². The van der Waals surface area contributed by atoms with Crippen LogP contribution in [-0.4, -0.2) is 47.5 Å². The summed E-state index contributed by atoms with van der Waals surface area (Å²) in [7, 11) is -3.72. The number of rotatable bonds is 5. The number of nitrogens with zero attached hydrogens (tertiary/aromatic N) is 2. The second kappa shape index (κ2) is 5.76. The average Bonchev–Trinajstić information content (AvgIpc) is 2.34. The first kappa shape index (κ1) is 15.1. The molecule has 1 rings (SSSR count). The second-order valence-electron chi connectivity index (χ2n) is 3.79. The lowest BCUT2D eigenvalue weighted by Crippen LogP contribution is -2.33. The van der Waals surface area contributed by atoms with Crippen LogP contribution in [-0.2, 0) is 9.84 Å². The van der Waals surface area contributed by atoms with Crippen LogP contribution in [0.15, 0.2) is 29.4 Å². The van der Waals surface area contributed by atoms with E-state index in [0.717, 1.165) is 12.3 Å². The summed E-state index contributed by atoms with van der Waals surface area (Å²) in [5.74, 6) is 0. The lowest BCUT2D eigenvalue weighted by Gasteiger charge is -2.13. The van der Waals surface area contributed by atoms with E-state index in [0.29, 0.717) is 0 Å². The molecule has 0 bridgehead atoms. The summed E-state index contributed by atoms with van der Waals surface area (Å²) in [6, 6.07) is 4.97. The van der Waals surface area contributed by atoms with Crippen LogP contribution in [0, 0.1) is 10.1 Å². The quantitative estimate of drug-likeness (QED) is 0.344. The molecule has 2 N–H and O–H groups in total. The lowest BCUT2D eigenvalue weighted by molar-refractivity contribution is -0.384. The van der Waals surface area contributed by atoms with E-state index in [2.05, 4.69) is 5.16 Å². The van der Waals surface area contributed by atoms with Gasteiger partial charge in [-0.05, 0) is 0 Å². The van der Waals surface area contributed by atoms with Gasteiger partial charge in [0.25, 0.3) is 5.69 Å². The molecule has 0 radical (unpaired) electrons. The number of hydrogen-bond acceptors (Lipinski definition) is 7. The maximum Gasteiger partial charge on any atom is 0.270 e. The van der Waals surface area contributed by atoms with Crippen molar-refractivity contribution in [1.29, 1.82) is 0 Å². The Balaban J connectivity index is 3.32. The summed E-state index contributed by atoms with van der Waals surface area (Å²) in [4.78, 5) is 9.98. The van der Waals surface area contributed by atoms with Crippen LogP contribution >= 0.6 is 0 Å². The molecule has 0 spiro atoms. The standard InChI is InChI=1S/C10H12N2O6S/c1-19(17,18)9(6-13)10(11-14)7-3-2-4-8(5-7)12(15)16/h2-5,9,13-14H,6H2,1H3/b11-10-/t9-/m1/s1. The maximum absolute atomic E-state index is 11.5. The normalized spacial score (nSPS) is 14.1. The highest BCUT2D eigenvalue weighted by Crippen LogP contribution is 2.17. The molecule has 1 aromatic carbocycles. The number of sulfone groups is 1. The Morgan fingerprint density at radius 3 is 2.58 bits per heavy atom. The van der Waals surface area contributed by atoms with Crippen molar-refractivity contribution in [3.8, 4) is 0 Å². The predicted octanol–water partition coefficient (Wildman–Crippen LogP) is 0.179. The molecular formula is C10H12N2O6S. The summed E-state index contributed by atoms with van der Waals surface area (Å²) in [5, 5.41) is 30.1. The molecule has 1 aromatic rings. The molecule has 0 aliphatic rings. The van der Waals surface area contributed by atoms with Crippen LogP contribution in [0.2, 0.25) is 0 Å². The molecule has 0 saturated heterocycles. The van der Waals surface area contributed by atoms with Crippen LogP contribution in [0.4, 0.5) is 5.69 Å². The van der Waals surface area contributed by atoms with Gasteiger partial charge in [0.15, 0.2) is 9.84 Å². The third-order valence-electron chi connectivity index (χ3n) is 2.45. The highest BCUT2D eigenvalue weighted by atomic mass is 32.2. The Hall–Kier alpha value is -2.00. The molecule has 1 atom stereocenters. The first-order chi connectivity index (χ1) is 8.81. The molecule has 19 heavy (non-hydrogen) atoms. The molecular weight excluding hydrogens is 276 g/mol. The minimum Gasteiger partial charge on any atom is -0.411 e. The molecule has 8 nitrogen and oxygen atoms in total. The van der Waals surface area contributed by atoms with Gasteiger partial charge in [0.1, 0.15) is 11.0 Å². The topological polar surface area (TPSA) is 130 Å². The van der Waals surface area contributed by atoms with Crippen molar-refractivity contribution in [2.24, 2.45) is 5.16 Å². The van der Waals surface area contributed by atoms with E-state index >= 15 is 0 Å². The monoisotopic (exact) mass is 288 g/mol. The van der Waals surface area contributed by atoms with Crippen LogP contribution in [0.25, 0.3) is 0 Å². The van der Waals surface area contributed by atoms with Crippen molar-refractivity contribution in [3.05, 3.63) is 39.9 Å². The molecule has 0 aliphatic heterocycles. The summed E-state index contributed by atoms with van der Waals surface area (Å²) >= 11 is 0. The van der Waals surface area contributed by atoms with Gasteiger partial charge in [-0.25, -0.2) is 8.42 Å². The summed E-state index contributed by atoms with van der Waals surface area (Å²) < 4.78 is 22.9. The van der Waals surface area contributed by atoms with Gasteiger partial charge in [0, 0.05) is 24.0 Å². The number of benzene rings is 1. The summed E-state index contributed by atoms with van der Waals surface area (Å²) in [6.07, 6.45) is 0.871. The number of oxime groups is 1. The minimum atomic E-state index is -3.72. The average molecular weight is 288 g/mol. The summed E-state index contributed by atoms with van der Waals surface area (Å²) in [5.41, 5.74) is -0.557. The van der Waals surface area contributed by atoms with Crippen molar-refractivity contribution < 1.29 is 23.7 Å². The smallest absolute Gasteiger partial charge is 0.270 e. The fourth-order valence-corrected chi connectivity index (χ4v) is 2.37. The van der Waals surface area contributed by atoms with Crippen molar-refractivity contribution in [2.45, 2.75) is 5.25 Å². The Morgan fingerprint density at radius 1 is 1.53 bits per heavy atom. The highest BCUT2D eigenvalue weighted by molar-refractivity contribution is 7.92. The zero-order chi connectivity index (χ0) is 14.6. The van der Waals surface area contributed by atoms with E-state index in [4.69, 9.17) is 10.3 Å². The Labute approximate surface area is 109 Å². The van der Waals surface area contributed by atoms with E-state index in [9.17, 15) is 18.5 Å². The SMILES string of the molecule is CS(=O)(=O)[C@H](CO)/C(=N\O)c1cccc([N+](=O)[O-])c1. The van der Waals surface area contributed by atoms with Crippen LogP contribution in [0.5, 0.6) is 0 Å². The number of hydrogen-bond donors (Lipinski definition) is 2. The van der Waals surface area contributed by atoms with Gasteiger partial charge in [0.05, 0.1) is 11.5 Å². The Bertz CT molecular complexity index is 610. The number of non-ortho nitro benzene ring substituents is 1. The predicted molar refractivity (Wildman–Crippen MR) is 67.1 cm³/mol. The van der Waals surface area contributed by atoms with E-state index in [1.807, 2.05) is 0 Å². The molecule has 0 saturated carbocycles. The molecule has 0 fully saturated rings. The Morgan fingerprint density at radius 2 is 2.16 bits per heavy atom. The van der Waals surface area contributed by atoms with Gasteiger partial charge >= 0.3 is 0 Å². The van der Waals surface area contributed by atoms with Gasteiger partial charge in [-0.3, -0.25) is 10.1 Å². The zero-order valence-electron chi connectivity index (χ0n) is 9.92. The number of nitro benzene ring substituents is 1. The first-order valence-electron chi connectivity index (χ1n) is 5.07. The second-order valence-corrected chi connectivity index (χ2v) is 6.02. The minimum absolute atomic E-state index is 0.0566. The highest BCUT2D eigenvalue weighted by Gasteiger charge is 2.28. The van der Waals surface area contributed by atoms with Gasteiger partial charge in [-0.2, -0.15) is 0 Å². The number of aliphatic hydroxyl groups is 1. The molecule has 0 amide bonds. The van der Waals surface area contributed by atoms with Gasteiger partial charge in [-0.15, -0.1) is 0 Å². The fourth-order valence-electron chi connectivity index (χ4n) is 1.51. The maximum atomic E-state index is 11.5. The van der Waals surface area contributed by atoms with E-state index in [1.165, 1.54) is 18.2 Å². The summed E-state index contributed by atoms with van der Waals surface area (Å²) in [6.45, 7) is -0.791. The molecule has 0 aliphatic carbocycles. The van der Waals surface area contributed by atoms with Crippen LogP contribution in [0.1, 0.15) is 5.56 Å². The van der Waals surface area contributed by atoms with E-state index in [-0.39, 0.29) is 17.0 Å². The Kier molecular flexibility index (Phi) is 4.57. The molecule has 0 unspecified atom stereocenters. The van der Waals surface area contributed by atoms with Crippen molar-refractivity contribution in [2.75, 3.05) is 12.9 Å².